The summed E-state index contributed by atoms with van der Waals surface area (Å²) in [6.07, 6.45) is 3.66. The monoisotopic (exact) mass is 200 g/mol. The van der Waals surface area contributed by atoms with E-state index in [1.54, 1.807) is 0 Å². The van der Waals surface area contributed by atoms with Gasteiger partial charge >= 0.3 is 0 Å². The highest BCUT2D eigenvalue weighted by atomic mass is 35.5. The van der Waals surface area contributed by atoms with Crippen LogP contribution in [0.2, 0.25) is 0 Å². The maximum atomic E-state index is 5.53. The van der Waals surface area contributed by atoms with Crippen molar-refractivity contribution in [3.05, 3.63) is 6.33 Å². The minimum atomic E-state index is 0.244. The van der Waals surface area contributed by atoms with Gasteiger partial charge in [-0.15, -0.1) is 0 Å². The zero-order valence-electron chi connectivity index (χ0n) is 6.83. The van der Waals surface area contributed by atoms with E-state index in [0.29, 0.717) is 17.6 Å². The fourth-order valence-electron chi connectivity index (χ4n) is 0.987. The Morgan fingerprint density at radius 2 is 2.31 bits per heavy atom. The van der Waals surface area contributed by atoms with Gasteiger partial charge in [0.2, 0.25) is 5.75 Å². The minimum Gasteiger partial charge on any atom is -0.380 e. The summed E-state index contributed by atoms with van der Waals surface area (Å²) in [7, 11) is 0. The summed E-state index contributed by atoms with van der Waals surface area (Å²) in [6, 6.07) is 0.472. The molecule has 1 heterocycles. The van der Waals surface area contributed by atoms with E-state index in [1.807, 2.05) is 0 Å². The SMILES string of the molecule is Nc1ncnc(NC2CC2)c1OCl. The van der Waals surface area contributed by atoms with Gasteiger partial charge in [0.25, 0.3) is 0 Å². The van der Waals surface area contributed by atoms with Crippen molar-refractivity contribution >= 4 is 23.5 Å². The molecule has 5 nitrogen and oxygen atoms in total. The lowest BCUT2D eigenvalue weighted by Gasteiger charge is -2.07. The van der Waals surface area contributed by atoms with Gasteiger partial charge < -0.3 is 15.3 Å². The van der Waals surface area contributed by atoms with E-state index >= 15 is 0 Å². The number of aromatic nitrogens is 2. The highest BCUT2D eigenvalue weighted by Gasteiger charge is 2.23. The van der Waals surface area contributed by atoms with E-state index in [0.717, 1.165) is 12.8 Å². The summed E-state index contributed by atoms with van der Waals surface area (Å²) in [5.74, 6) is 1.11. The molecule has 1 saturated carbocycles. The van der Waals surface area contributed by atoms with Gasteiger partial charge in [-0.25, -0.2) is 9.97 Å². The van der Waals surface area contributed by atoms with Crippen LogP contribution in [0.25, 0.3) is 0 Å². The van der Waals surface area contributed by atoms with Gasteiger partial charge in [0.1, 0.15) is 18.2 Å². The largest absolute Gasteiger partial charge is 0.380 e. The Bertz CT molecular complexity index is 315. The average Bonchev–Trinajstić information content (AvgIpc) is 2.89. The summed E-state index contributed by atoms with van der Waals surface area (Å²) in [4.78, 5) is 7.73. The van der Waals surface area contributed by atoms with Crippen molar-refractivity contribution in [2.24, 2.45) is 0 Å². The molecule has 1 aromatic rings. The molecule has 6 heteroatoms. The van der Waals surface area contributed by atoms with E-state index in [1.165, 1.54) is 6.33 Å². The van der Waals surface area contributed by atoms with Gasteiger partial charge in [0, 0.05) is 6.04 Å². The number of hydrogen-bond donors (Lipinski definition) is 2. The molecule has 0 saturated heterocycles. The second kappa shape index (κ2) is 3.26. The first-order valence-electron chi connectivity index (χ1n) is 3.97. The standard InChI is InChI=1S/C7H9ClN4O/c8-13-5-6(9)10-3-11-7(5)12-4-1-2-4/h3-4H,1-2H2,(H3,9,10,11,12). The second-order valence-electron chi connectivity index (χ2n) is 2.93. The van der Waals surface area contributed by atoms with Crippen LogP contribution >= 0.6 is 11.9 Å². The van der Waals surface area contributed by atoms with Crippen molar-refractivity contribution in [1.82, 2.24) is 9.97 Å². The highest BCUT2D eigenvalue weighted by molar-refractivity contribution is 6.09. The third-order valence-electron chi connectivity index (χ3n) is 1.83. The maximum Gasteiger partial charge on any atom is 0.230 e. The van der Waals surface area contributed by atoms with Crippen molar-refractivity contribution in [3.63, 3.8) is 0 Å². The van der Waals surface area contributed by atoms with Gasteiger partial charge in [0.15, 0.2) is 11.6 Å². The molecule has 0 bridgehead atoms. The fraction of sp³-hybridized carbons (Fsp3) is 0.429. The van der Waals surface area contributed by atoms with Gasteiger partial charge in [-0.2, -0.15) is 0 Å². The fourth-order valence-corrected chi connectivity index (χ4v) is 1.14. The molecule has 0 spiro atoms. The second-order valence-corrected chi connectivity index (χ2v) is 3.09. The van der Waals surface area contributed by atoms with Crippen LogP contribution in [0.1, 0.15) is 12.8 Å². The van der Waals surface area contributed by atoms with E-state index in [9.17, 15) is 0 Å². The van der Waals surface area contributed by atoms with E-state index in [2.05, 4.69) is 19.6 Å². The molecule has 1 aromatic heterocycles. The molecule has 13 heavy (non-hydrogen) atoms. The van der Waals surface area contributed by atoms with Gasteiger partial charge in [-0.05, 0) is 12.8 Å². The molecule has 0 aromatic carbocycles. The van der Waals surface area contributed by atoms with Gasteiger partial charge in [-0.3, -0.25) is 0 Å². The van der Waals surface area contributed by atoms with E-state index in [4.69, 9.17) is 17.6 Å². The van der Waals surface area contributed by atoms with Crippen molar-refractivity contribution in [2.45, 2.75) is 18.9 Å². The number of nitrogens with zero attached hydrogens (tertiary/aromatic N) is 2. The van der Waals surface area contributed by atoms with Gasteiger partial charge in [-0.1, -0.05) is 0 Å². The zero-order valence-corrected chi connectivity index (χ0v) is 7.58. The first-order chi connectivity index (χ1) is 6.31. The van der Waals surface area contributed by atoms with Gasteiger partial charge in [0.05, 0.1) is 0 Å². The van der Waals surface area contributed by atoms with E-state index < -0.39 is 0 Å². The van der Waals surface area contributed by atoms with Crippen LogP contribution in [0.5, 0.6) is 5.75 Å². The summed E-state index contributed by atoms with van der Waals surface area (Å²) >= 11 is 5.24. The lowest BCUT2D eigenvalue weighted by atomic mass is 10.4. The number of nitrogens with one attached hydrogen (secondary N) is 1. The third-order valence-corrected chi connectivity index (χ3v) is 1.98. The Kier molecular flexibility index (Phi) is 2.10. The number of rotatable bonds is 3. The highest BCUT2D eigenvalue weighted by Crippen LogP contribution is 2.32. The number of halogens is 1. The van der Waals surface area contributed by atoms with Crippen LogP contribution in [0.4, 0.5) is 11.6 Å². The van der Waals surface area contributed by atoms with Crippen LogP contribution in [-0.4, -0.2) is 16.0 Å². The van der Waals surface area contributed by atoms with Crippen molar-refractivity contribution < 1.29 is 4.29 Å². The van der Waals surface area contributed by atoms with Crippen molar-refractivity contribution in [2.75, 3.05) is 11.1 Å². The number of hydrogen-bond acceptors (Lipinski definition) is 5. The number of anilines is 2. The molecular weight excluding hydrogens is 192 g/mol. The first kappa shape index (κ1) is 8.37. The van der Waals surface area contributed by atoms with Crippen LogP contribution in [-0.2, 0) is 0 Å². The maximum absolute atomic E-state index is 5.53. The summed E-state index contributed by atoms with van der Waals surface area (Å²) in [6.45, 7) is 0. The Labute approximate surface area is 80.4 Å². The Balaban J connectivity index is 2.25. The average molecular weight is 201 g/mol. The van der Waals surface area contributed by atoms with Crippen LogP contribution in [0.3, 0.4) is 0 Å². The van der Waals surface area contributed by atoms with Crippen LogP contribution < -0.4 is 15.3 Å². The Hall–Kier alpha value is -1.23. The molecule has 1 fully saturated rings. The number of nitrogens with two attached hydrogens (primary N) is 1. The van der Waals surface area contributed by atoms with Crippen LogP contribution in [0, 0.1) is 0 Å². The van der Waals surface area contributed by atoms with E-state index in [-0.39, 0.29) is 5.82 Å². The normalized spacial score (nSPS) is 15.5. The molecule has 0 aliphatic heterocycles. The minimum absolute atomic E-state index is 0.244. The molecular formula is C7H9ClN4O. The van der Waals surface area contributed by atoms with Crippen molar-refractivity contribution in [3.8, 4) is 5.75 Å². The molecule has 2 rings (SSSR count). The Morgan fingerprint density at radius 3 is 2.92 bits per heavy atom. The molecule has 0 atom stereocenters. The summed E-state index contributed by atoms with van der Waals surface area (Å²) in [5, 5.41) is 3.14. The molecule has 70 valence electrons. The molecule has 3 N–H and O–H groups in total. The molecule has 1 aliphatic rings. The predicted molar refractivity (Wildman–Crippen MR) is 49.6 cm³/mol. The molecule has 0 amide bonds. The molecule has 0 radical (unpaired) electrons. The molecule has 0 unspecified atom stereocenters. The predicted octanol–water partition coefficient (Wildman–Crippen LogP) is 1.17. The lowest BCUT2D eigenvalue weighted by molar-refractivity contribution is 0.616. The first-order valence-corrected chi connectivity index (χ1v) is 4.27. The number of nitrogen functional groups attached to an aromatic ring is 1. The lowest BCUT2D eigenvalue weighted by Crippen LogP contribution is -2.06. The Morgan fingerprint density at radius 1 is 1.54 bits per heavy atom. The topological polar surface area (TPSA) is 73.1 Å². The van der Waals surface area contributed by atoms with Crippen LogP contribution in [0.15, 0.2) is 6.33 Å². The smallest absolute Gasteiger partial charge is 0.230 e. The third kappa shape index (κ3) is 1.75. The zero-order chi connectivity index (χ0) is 9.26. The summed E-state index contributed by atoms with van der Waals surface area (Å²) < 4.78 is 4.56. The van der Waals surface area contributed by atoms with Crippen molar-refractivity contribution in [1.29, 1.82) is 0 Å². The quantitative estimate of drug-likeness (QED) is 0.766. The molecule has 1 aliphatic carbocycles. The summed E-state index contributed by atoms with van der Waals surface area (Å²) in [5.41, 5.74) is 5.53.